The van der Waals surface area contributed by atoms with Gasteiger partial charge in [-0.05, 0) is 38.4 Å². The molecule has 0 aromatic carbocycles. The highest BCUT2D eigenvalue weighted by Crippen LogP contribution is 2.33. The van der Waals surface area contributed by atoms with Gasteiger partial charge in [0.1, 0.15) is 0 Å². The normalized spacial score (nSPS) is 17.8. The van der Waals surface area contributed by atoms with Crippen LogP contribution in [0.15, 0.2) is 18.2 Å². The van der Waals surface area contributed by atoms with Crippen LogP contribution >= 0.6 is 0 Å². The van der Waals surface area contributed by atoms with Gasteiger partial charge in [-0.3, -0.25) is 9.88 Å². The third-order valence-electron chi connectivity index (χ3n) is 3.21. The second-order valence-electron chi connectivity index (χ2n) is 4.94. The Morgan fingerprint density at radius 1 is 1.44 bits per heavy atom. The molecule has 0 atom stereocenters. The average molecular weight is 219 g/mol. The van der Waals surface area contributed by atoms with Crippen molar-refractivity contribution in [2.45, 2.75) is 38.8 Å². The van der Waals surface area contributed by atoms with E-state index >= 15 is 0 Å². The molecule has 1 heterocycles. The molecule has 1 aliphatic carbocycles. The van der Waals surface area contributed by atoms with Gasteiger partial charge < -0.3 is 5.73 Å². The predicted molar refractivity (Wildman–Crippen MR) is 66.1 cm³/mol. The first-order valence-corrected chi connectivity index (χ1v) is 6.05. The van der Waals surface area contributed by atoms with Gasteiger partial charge in [0.25, 0.3) is 0 Å². The Labute approximate surface area is 97.7 Å². The third-order valence-corrected chi connectivity index (χ3v) is 3.21. The van der Waals surface area contributed by atoms with Crippen LogP contribution in [0.2, 0.25) is 0 Å². The summed E-state index contributed by atoms with van der Waals surface area (Å²) >= 11 is 0. The minimum atomic E-state index is 0.0971. The zero-order valence-electron chi connectivity index (χ0n) is 10.2. The minimum Gasteiger partial charge on any atom is -0.324 e. The van der Waals surface area contributed by atoms with E-state index in [1.54, 1.807) is 0 Å². The monoisotopic (exact) mass is 219 g/mol. The number of aromatic nitrogens is 1. The number of rotatable bonds is 5. The Morgan fingerprint density at radius 2 is 2.19 bits per heavy atom. The Hall–Kier alpha value is -0.930. The van der Waals surface area contributed by atoms with Crippen molar-refractivity contribution in [2.75, 3.05) is 13.1 Å². The topological polar surface area (TPSA) is 42.2 Å². The van der Waals surface area contributed by atoms with E-state index < -0.39 is 0 Å². The first-order valence-electron chi connectivity index (χ1n) is 6.05. The van der Waals surface area contributed by atoms with Crippen LogP contribution in [0.5, 0.6) is 0 Å². The number of nitrogens with two attached hydrogens (primary N) is 1. The van der Waals surface area contributed by atoms with E-state index in [0.717, 1.165) is 31.0 Å². The second-order valence-corrected chi connectivity index (χ2v) is 4.94. The van der Waals surface area contributed by atoms with Crippen molar-refractivity contribution in [3.05, 3.63) is 29.6 Å². The van der Waals surface area contributed by atoms with E-state index in [9.17, 15) is 0 Å². The van der Waals surface area contributed by atoms with Crippen LogP contribution in [-0.4, -0.2) is 28.5 Å². The lowest BCUT2D eigenvalue weighted by Crippen LogP contribution is -2.39. The number of nitrogens with zero attached hydrogens (tertiary/aromatic N) is 2. The summed E-state index contributed by atoms with van der Waals surface area (Å²) in [4.78, 5) is 6.91. The first-order chi connectivity index (χ1) is 7.61. The van der Waals surface area contributed by atoms with Crippen LogP contribution in [0.3, 0.4) is 0 Å². The molecule has 2 rings (SSSR count). The number of hydrogen-bond acceptors (Lipinski definition) is 3. The maximum absolute atomic E-state index is 6.14. The third kappa shape index (κ3) is 3.03. The molecule has 0 spiro atoms. The average Bonchev–Trinajstić information content (AvgIpc) is 2.95. The van der Waals surface area contributed by atoms with Gasteiger partial charge in [-0.2, -0.15) is 0 Å². The summed E-state index contributed by atoms with van der Waals surface area (Å²) < 4.78 is 0. The lowest BCUT2D eigenvalue weighted by atomic mass is 10.2. The predicted octanol–water partition coefficient (Wildman–Crippen LogP) is 1.70. The molecule has 1 aliphatic rings. The lowest BCUT2D eigenvalue weighted by Gasteiger charge is -2.23. The maximum atomic E-state index is 6.14. The smallest absolute Gasteiger partial charge is 0.0547 e. The molecule has 1 fully saturated rings. The number of hydrogen-bond donors (Lipinski definition) is 1. The molecule has 0 aliphatic heterocycles. The summed E-state index contributed by atoms with van der Waals surface area (Å²) in [5.41, 5.74) is 8.47. The van der Waals surface area contributed by atoms with Gasteiger partial charge in [0.05, 0.1) is 5.69 Å². The molecular formula is C13H21N3. The number of pyridine rings is 1. The van der Waals surface area contributed by atoms with Gasteiger partial charge in [0.15, 0.2) is 0 Å². The molecule has 3 heteroatoms. The molecular weight excluding hydrogens is 198 g/mol. The quantitative estimate of drug-likeness (QED) is 0.819. The zero-order valence-corrected chi connectivity index (χ0v) is 10.2. The largest absolute Gasteiger partial charge is 0.324 e. The van der Waals surface area contributed by atoms with Crippen molar-refractivity contribution in [1.29, 1.82) is 0 Å². The standard InChI is InChI=1S/C13H21N3/c1-3-16(10-13(14)7-8-13)9-12-6-4-5-11(2)15-12/h4-6H,3,7-10,14H2,1-2H3. The van der Waals surface area contributed by atoms with Gasteiger partial charge in [0.2, 0.25) is 0 Å². The van der Waals surface area contributed by atoms with E-state index in [1.165, 1.54) is 12.8 Å². The Balaban J connectivity index is 1.95. The fourth-order valence-electron chi connectivity index (χ4n) is 1.96. The van der Waals surface area contributed by atoms with Crippen molar-refractivity contribution in [3.8, 4) is 0 Å². The van der Waals surface area contributed by atoms with Crippen molar-refractivity contribution in [3.63, 3.8) is 0 Å². The summed E-state index contributed by atoms with van der Waals surface area (Å²) in [5, 5.41) is 0. The van der Waals surface area contributed by atoms with Crippen LogP contribution in [0.1, 0.15) is 31.2 Å². The Kier molecular flexibility index (Phi) is 3.26. The lowest BCUT2D eigenvalue weighted by molar-refractivity contribution is 0.251. The highest BCUT2D eigenvalue weighted by molar-refractivity contribution is 5.10. The highest BCUT2D eigenvalue weighted by atomic mass is 15.2. The molecule has 0 bridgehead atoms. The molecule has 0 amide bonds. The summed E-state index contributed by atoms with van der Waals surface area (Å²) in [7, 11) is 0. The van der Waals surface area contributed by atoms with Crippen LogP contribution in [0, 0.1) is 6.92 Å². The minimum absolute atomic E-state index is 0.0971. The molecule has 1 aromatic heterocycles. The molecule has 1 saturated carbocycles. The number of likely N-dealkylation sites (N-methyl/N-ethyl adjacent to an activating group) is 1. The van der Waals surface area contributed by atoms with E-state index in [4.69, 9.17) is 5.73 Å². The van der Waals surface area contributed by atoms with E-state index in [0.29, 0.717) is 0 Å². The van der Waals surface area contributed by atoms with Crippen LogP contribution in [0.4, 0.5) is 0 Å². The van der Waals surface area contributed by atoms with Crippen LogP contribution in [-0.2, 0) is 6.54 Å². The molecule has 3 nitrogen and oxygen atoms in total. The van der Waals surface area contributed by atoms with Gasteiger partial charge in [-0.1, -0.05) is 13.0 Å². The molecule has 0 unspecified atom stereocenters. The molecule has 88 valence electrons. The van der Waals surface area contributed by atoms with Crippen LogP contribution < -0.4 is 5.73 Å². The Morgan fingerprint density at radius 3 is 2.75 bits per heavy atom. The Bertz CT molecular complexity index is 358. The van der Waals surface area contributed by atoms with Crippen molar-refractivity contribution >= 4 is 0 Å². The molecule has 16 heavy (non-hydrogen) atoms. The molecule has 1 aromatic rings. The van der Waals surface area contributed by atoms with E-state index in [2.05, 4.69) is 28.9 Å². The van der Waals surface area contributed by atoms with Gasteiger partial charge in [0, 0.05) is 24.3 Å². The zero-order chi connectivity index (χ0) is 11.6. The van der Waals surface area contributed by atoms with Crippen molar-refractivity contribution in [1.82, 2.24) is 9.88 Å². The van der Waals surface area contributed by atoms with Gasteiger partial charge in [-0.15, -0.1) is 0 Å². The van der Waals surface area contributed by atoms with Crippen LogP contribution in [0.25, 0.3) is 0 Å². The van der Waals surface area contributed by atoms with E-state index in [-0.39, 0.29) is 5.54 Å². The molecule has 0 radical (unpaired) electrons. The number of aryl methyl sites for hydroxylation is 1. The summed E-state index contributed by atoms with van der Waals surface area (Å²) in [6.07, 6.45) is 2.34. The van der Waals surface area contributed by atoms with Crippen molar-refractivity contribution in [2.24, 2.45) is 5.73 Å². The molecule has 0 saturated heterocycles. The second kappa shape index (κ2) is 4.52. The van der Waals surface area contributed by atoms with Gasteiger partial charge >= 0.3 is 0 Å². The fraction of sp³-hybridized carbons (Fsp3) is 0.615. The maximum Gasteiger partial charge on any atom is 0.0547 e. The van der Waals surface area contributed by atoms with Crippen molar-refractivity contribution < 1.29 is 0 Å². The molecule has 2 N–H and O–H groups in total. The summed E-state index contributed by atoms with van der Waals surface area (Å²) in [6.45, 7) is 7.16. The fourth-order valence-corrected chi connectivity index (χ4v) is 1.96. The summed E-state index contributed by atoms with van der Waals surface area (Å²) in [6, 6.07) is 6.19. The first kappa shape index (κ1) is 11.6. The SMILES string of the molecule is CCN(Cc1cccc(C)n1)CC1(N)CC1. The van der Waals surface area contributed by atoms with E-state index in [1.807, 2.05) is 13.0 Å². The highest BCUT2D eigenvalue weighted by Gasteiger charge is 2.39. The summed E-state index contributed by atoms with van der Waals surface area (Å²) in [5.74, 6) is 0. The van der Waals surface area contributed by atoms with Gasteiger partial charge in [-0.25, -0.2) is 0 Å².